The molecule has 0 unspecified atom stereocenters. The zero-order valence-electron chi connectivity index (χ0n) is 25.0. The molecule has 0 aliphatic carbocycles. The number of anilines is 1. The number of methoxy groups -OCH3 is 1. The summed E-state index contributed by atoms with van der Waals surface area (Å²) in [6.07, 6.45) is -1.17. The second kappa shape index (κ2) is 13.7. The van der Waals surface area contributed by atoms with E-state index in [1.165, 1.54) is 42.5 Å². The van der Waals surface area contributed by atoms with Gasteiger partial charge < -0.3 is 30.0 Å². The van der Waals surface area contributed by atoms with Crippen molar-refractivity contribution in [2.24, 2.45) is 0 Å². The summed E-state index contributed by atoms with van der Waals surface area (Å²) in [5.74, 6) is -1.89. The maximum absolute atomic E-state index is 14.2. The van der Waals surface area contributed by atoms with Gasteiger partial charge >= 0.3 is 12.1 Å². The Morgan fingerprint density at radius 3 is 2.62 bits per heavy atom. The number of nitrogens with one attached hydrogen (secondary N) is 2. The highest BCUT2D eigenvalue weighted by Gasteiger charge is 2.36. The lowest BCUT2D eigenvalue weighted by molar-refractivity contribution is -0.139. The van der Waals surface area contributed by atoms with Crippen molar-refractivity contribution in [1.29, 1.82) is 5.41 Å². The molecule has 5 rings (SSSR count). The fraction of sp³-hybridized carbons (Fsp3) is 0.364. The number of benzene rings is 2. The highest BCUT2D eigenvalue weighted by molar-refractivity contribution is 6.08. The first-order chi connectivity index (χ1) is 21.6. The largest absolute Gasteiger partial charge is 0.488 e. The number of rotatable bonds is 10. The van der Waals surface area contributed by atoms with Crippen molar-refractivity contribution in [1.82, 2.24) is 9.88 Å². The van der Waals surface area contributed by atoms with E-state index in [0.29, 0.717) is 12.3 Å². The Morgan fingerprint density at radius 1 is 1.18 bits per heavy atom. The number of carboxylic acid groups (broad SMARTS) is 1. The fourth-order valence-electron chi connectivity index (χ4n) is 5.92. The van der Waals surface area contributed by atoms with Crippen molar-refractivity contribution in [3.05, 3.63) is 87.8 Å². The van der Waals surface area contributed by atoms with Gasteiger partial charge in [-0.1, -0.05) is 24.3 Å². The number of hydrogen-bond donors (Lipinski definition) is 3. The van der Waals surface area contributed by atoms with Crippen molar-refractivity contribution in [2.75, 3.05) is 32.2 Å². The molecular formula is C33H35F3N4O5. The number of hydrogen-bond acceptors (Lipinski definition) is 8. The monoisotopic (exact) mass is 624 g/mol. The lowest BCUT2D eigenvalue weighted by Crippen LogP contribution is -2.42. The summed E-state index contributed by atoms with van der Waals surface area (Å²) in [6, 6.07) is 12.8. The van der Waals surface area contributed by atoms with Crippen LogP contribution in [0.5, 0.6) is 5.75 Å². The van der Waals surface area contributed by atoms with Crippen LogP contribution in [0.2, 0.25) is 0 Å². The van der Waals surface area contributed by atoms with Crippen molar-refractivity contribution < 1.29 is 37.3 Å². The molecule has 1 aromatic heterocycles. The van der Waals surface area contributed by atoms with E-state index in [2.05, 4.69) is 21.3 Å². The quantitative estimate of drug-likeness (QED) is 0.139. The summed E-state index contributed by atoms with van der Waals surface area (Å²) >= 11 is 0. The van der Waals surface area contributed by atoms with Gasteiger partial charge in [-0.2, -0.15) is 13.2 Å². The van der Waals surface area contributed by atoms with Gasteiger partial charge in [-0.15, -0.1) is 0 Å². The number of nitrogens with zero attached hydrogens (tertiary/aromatic N) is 2. The maximum atomic E-state index is 14.2. The minimum atomic E-state index is -4.69. The highest BCUT2D eigenvalue weighted by Crippen LogP contribution is 2.42. The predicted molar refractivity (Wildman–Crippen MR) is 162 cm³/mol. The number of fused-ring (bicyclic) bond motifs is 1. The van der Waals surface area contributed by atoms with Crippen LogP contribution in [0.1, 0.15) is 40.7 Å². The summed E-state index contributed by atoms with van der Waals surface area (Å²) in [7, 11) is 1.22. The van der Waals surface area contributed by atoms with E-state index in [0.717, 1.165) is 62.8 Å². The highest BCUT2D eigenvalue weighted by atomic mass is 19.4. The third kappa shape index (κ3) is 7.12. The molecule has 2 aromatic carbocycles. The molecule has 3 N–H and O–H groups in total. The maximum Gasteiger partial charge on any atom is 0.419 e. The van der Waals surface area contributed by atoms with Crippen LogP contribution in [0.15, 0.2) is 60.0 Å². The first-order valence-electron chi connectivity index (χ1n) is 14.6. The van der Waals surface area contributed by atoms with Crippen LogP contribution in [-0.4, -0.2) is 60.1 Å². The number of carbonyl (C=O) groups is 1. The molecule has 3 heterocycles. The average molecular weight is 625 g/mol. The Kier molecular flexibility index (Phi) is 9.74. The molecule has 0 atom stereocenters. The van der Waals surface area contributed by atoms with E-state index in [9.17, 15) is 23.1 Å². The number of aliphatic carboxylic acids is 1. The Balaban J connectivity index is 1.43. The van der Waals surface area contributed by atoms with Gasteiger partial charge in [0.2, 0.25) is 5.88 Å². The molecule has 0 spiro atoms. The Labute approximate surface area is 259 Å². The molecule has 0 radical (unpaired) electrons. The standard InChI is InChI=1S/C33H35F3N4O5/c1-20-22(10-9-21-18-40(14-11-24(20)21)23-12-15-44-16-13-23)19-45-30-25(5-3-6-27(30)33(34,35)36)28-7-4-8-29(38-28)39-31(43-2)26(17-37)32(41)42/h3-10,17,23,37H,11-16,18-19H2,1-2H3,(H,38,39)(H,41,42)/b31-26-,37-17?. The Morgan fingerprint density at radius 2 is 1.93 bits per heavy atom. The van der Waals surface area contributed by atoms with E-state index in [1.54, 1.807) is 6.07 Å². The zero-order chi connectivity index (χ0) is 32.1. The predicted octanol–water partition coefficient (Wildman–Crippen LogP) is 6.20. The second-order valence-corrected chi connectivity index (χ2v) is 10.9. The summed E-state index contributed by atoms with van der Waals surface area (Å²) in [4.78, 5) is 18.4. The number of pyridine rings is 1. The van der Waals surface area contributed by atoms with Gasteiger partial charge in [-0.25, -0.2) is 9.78 Å². The summed E-state index contributed by atoms with van der Waals surface area (Å²) in [5.41, 5.74) is 3.18. The third-order valence-corrected chi connectivity index (χ3v) is 8.32. The molecule has 45 heavy (non-hydrogen) atoms. The van der Waals surface area contributed by atoms with Crippen LogP contribution in [0.3, 0.4) is 0 Å². The molecule has 9 nitrogen and oxygen atoms in total. The van der Waals surface area contributed by atoms with E-state index < -0.39 is 23.3 Å². The van der Waals surface area contributed by atoms with E-state index in [-0.39, 0.29) is 35.3 Å². The SMILES string of the molecule is CO/C(Nc1cccc(-c2cccc(C(F)(F)F)c2OCc2ccc3c(c2C)CCN(C2CCOCC2)C3)n1)=C(/C=N)C(=O)O. The molecule has 2 aliphatic heterocycles. The van der Waals surface area contributed by atoms with Crippen LogP contribution in [-0.2, 0) is 40.0 Å². The number of alkyl halides is 3. The number of ether oxygens (including phenoxy) is 3. The fourth-order valence-corrected chi connectivity index (χ4v) is 5.92. The van der Waals surface area contributed by atoms with Gasteiger partial charge in [0.15, 0.2) is 0 Å². The molecule has 0 bridgehead atoms. The molecule has 238 valence electrons. The van der Waals surface area contributed by atoms with E-state index in [4.69, 9.17) is 19.6 Å². The summed E-state index contributed by atoms with van der Waals surface area (Å²) in [6.45, 7) is 5.25. The van der Waals surface area contributed by atoms with Crippen molar-refractivity contribution in [3.63, 3.8) is 0 Å². The van der Waals surface area contributed by atoms with Gasteiger partial charge in [0.05, 0.1) is 18.4 Å². The molecule has 1 fully saturated rings. The summed E-state index contributed by atoms with van der Waals surface area (Å²) < 4.78 is 59.3. The zero-order valence-corrected chi connectivity index (χ0v) is 25.0. The van der Waals surface area contributed by atoms with Crippen LogP contribution in [0.25, 0.3) is 11.3 Å². The topological polar surface area (TPSA) is 117 Å². The number of para-hydroxylation sites is 1. The van der Waals surface area contributed by atoms with Gasteiger partial charge in [-0.05, 0) is 72.7 Å². The van der Waals surface area contributed by atoms with Crippen molar-refractivity contribution >= 4 is 18.0 Å². The minimum absolute atomic E-state index is 0.0707. The first-order valence-corrected chi connectivity index (χ1v) is 14.6. The number of halogens is 3. The van der Waals surface area contributed by atoms with Crippen LogP contribution < -0.4 is 10.1 Å². The Bertz CT molecular complexity index is 1600. The minimum Gasteiger partial charge on any atom is -0.488 e. The van der Waals surface area contributed by atoms with Crippen LogP contribution in [0.4, 0.5) is 19.0 Å². The molecule has 0 amide bonds. The van der Waals surface area contributed by atoms with E-state index in [1.807, 2.05) is 13.0 Å². The number of carboxylic acids is 1. The van der Waals surface area contributed by atoms with Gasteiger partial charge in [0.25, 0.3) is 0 Å². The van der Waals surface area contributed by atoms with E-state index >= 15 is 0 Å². The van der Waals surface area contributed by atoms with Crippen LogP contribution in [0, 0.1) is 12.3 Å². The lowest BCUT2D eigenvalue weighted by atomic mass is 9.90. The smallest absolute Gasteiger partial charge is 0.419 e. The summed E-state index contributed by atoms with van der Waals surface area (Å²) in [5, 5.41) is 19.4. The van der Waals surface area contributed by atoms with Gasteiger partial charge in [0.1, 0.15) is 23.7 Å². The average Bonchev–Trinajstić information content (AvgIpc) is 3.04. The molecule has 0 saturated carbocycles. The lowest BCUT2D eigenvalue weighted by Gasteiger charge is -2.38. The van der Waals surface area contributed by atoms with Gasteiger partial charge in [0, 0.05) is 44.1 Å². The van der Waals surface area contributed by atoms with Gasteiger partial charge in [-0.3, -0.25) is 4.90 Å². The second-order valence-electron chi connectivity index (χ2n) is 10.9. The third-order valence-electron chi connectivity index (χ3n) is 8.32. The van der Waals surface area contributed by atoms with Crippen molar-refractivity contribution in [2.45, 2.75) is 51.6 Å². The first kappa shape index (κ1) is 32.0. The molecule has 1 saturated heterocycles. The van der Waals surface area contributed by atoms with Crippen molar-refractivity contribution in [3.8, 4) is 17.0 Å². The van der Waals surface area contributed by atoms with Crippen LogP contribution >= 0.6 is 0 Å². The normalized spacial score (nSPS) is 16.4. The molecule has 12 heteroatoms. The molecule has 2 aliphatic rings. The Hall–Kier alpha value is -4.42. The molecule has 3 aromatic rings. The molecular weight excluding hydrogens is 589 g/mol. The number of aromatic nitrogens is 1.